The van der Waals surface area contributed by atoms with Crippen molar-refractivity contribution in [2.24, 2.45) is 4.99 Å². The summed E-state index contributed by atoms with van der Waals surface area (Å²) in [6.45, 7) is 3.60. The third kappa shape index (κ3) is 3.22. The number of carbonyl (C=O) groups excluding carboxylic acids is 2. The normalized spacial score (nSPS) is 19.8. The molecule has 8 nitrogen and oxygen atoms in total. The van der Waals surface area contributed by atoms with Crippen molar-refractivity contribution in [2.75, 3.05) is 12.4 Å². The fourth-order valence-corrected chi connectivity index (χ4v) is 3.97. The molecule has 26 heavy (non-hydrogen) atoms. The minimum atomic E-state index is -0.706. The molecule has 0 aliphatic carbocycles. The summed E-state index contributed by atoms with van der Waals surface area (Å²) >= 11 is 1.45. The zero-order chi connectivity index (χ0) is 18.8. The van der Waals surface area contributed by atoms with Crippen LogP contribution >= 0.6 is 11.8 Å². The molecule has 1 atom stereocenters. The molecule has 1 fully saturated rings. The quantitative estimate of drug-likeness (QED) is 0.455. The zero-order valence-electron chi connectivity index (χ0n) is 14.3. The third-order valence-electron chi connectivity index (χ3n) is 4.12. The Morgan fingerprint density at radius 2 is 2.12 bits per heavy atom. The Hall–Kier alpha value is -2.68. The van der Waals surface area contributed by atoms with Gasteiger partial charge in [0.1, 0.15) is 0 Å². The molecule has 1 saturated heterocycles. The fraction of sp³-hybridized carbons (Fsp3) is 0.353. The van der Waals surface area contributed by atoms with Gasteiger partial charge in [-0.05, 0) is 31.5 Å². The van der Waals surface area contributed by atoms with Gasteiger partial charge in [0, 0.05) is 24.3 Å². The van der Waals surface area contributed by atoms with E-state index in [-0.39, 0.29) is 23.8 Å². The molecule has 1 aromatic carbocycles. The smallest absolute Gasteiger partial charge is 0.338 e. The molecule has 2 aliphatic rings. The number of hydrogen-bond acceptors (Lipinski definition) is 7. The first-order chi connectivity index (χ1) is 12.4. The number of thioether (sulfide) groups is 1. The molecule has 0 radical (unpaired) electrons. The highest BCUT2D eigenvalue weighted by atomic mass is 32.2. The molecule has 0 saturated carbocycles. The number of nitro groups is 1. The molecule has 136 valence electrons. The van der Waals surface area contributed by atoms with E-state index in [0.29, 0.717) is 28.6 Å². The number of amides is 1. The Labute approximate surface area is 154 Å². The molecule has 9 heteroatoms. The van der Waals surface area contributed by atoms with Gasteiger partial charge in [0.15, 0.2) is 5.17 Å². The lowest BCUT2D eigenvalue weighted by Crippen LogP contribution is -2.45. The molecule has 1 aromatic rings. The summed E-state index contributed by atoms with van der Waals surface area (Å²) in [5, 5.41) is 11.5. The highest BCUT2D eigenvalue weighted by Crippen LogP contribution is 2.40. The van der Waals surface area contributed by atoms with Gasteiger partial charge in [-0.3, -0.25) is 19.8 Å². The van der Waals surface area contributed by atoms with Gasteiger partial charge in [-0.15, -0.1) is 0 Å². The lowest BCUT2D eigenvalue weighted by molar-refractivity contribution is -0.384. The second-order valence-corrected chi connectivity index (χ2v) is 6.79. The Morgan fingerprint density at radius 3 is 2.73 bits per heavy atom. The SMILES string of the molecule is CCOC(=O)C1=C(C)N=C2SCCC(=O)N2[C@@H]1c1ccc([N+](=O)[O-])cc1. The number of ether oxygens (including phenoxy) is 1. The van der Waals surface area contributed by atoms with E-state index < -0.39 is 16.9 Å². The van der Waals surface area contributed by atoms with E-state index in [1.54, 1.807) is 26.0 Å². The molecular formula is C17H17N3O5S. The van der Waals surface area contributed by atoms with Crippen LogP contribution < -0.4 is 0 Å². The molecule has 0 spiro atoms. The molecule has 0 N–H and O–H groups in total. The van der Waals surface area contributed by atoms with Gasteiger partial charge in [-0.25, -0.2) is 9.79 Å². The van der Waals surface area contributed by atoms with Crippen LogP contribution in [0.4, 0.5) is 5.69 Å². The molecular weight excluding hydrogens is 358 g/mol. The molecule has 1 amide bonds. The van der Waals surface area contributed by atoms with Gasteiger partial charge in [0.05, 0.1) is 28.8 Å². The summed E-state index contributed by atoms with van der Waals surface area (Å²) in [5.74, 6) is -0.0527. The van der Waals surface area contributed by atoms with Crippen molar-refractivity contribution in [3.05, 3.63) is 51.2 Å². The van der Waals surface area contributed by atoms with Crippen molar-refractivity contribution in [2.45, 2.75) is 26.3 Å². The molecule has 2 aliphatic heterocycles. The van der Waals surface area contributed by atoms with Crippen LogP contribution in [0, 0.1) is 10.1 Å². The molecule has 0 aromatic heterocycles. The van der Waals surface area contributed by atoms with Crippen molar-refractivity contribution in [3.8, 4) is 0 Å². The van der Waals surface area contributed by atoms with E-state index in [2.05, 4.69) is 4.99 Å². The van der Waals surface area contributed by atoms with Crippen LogP contribution in [0.25, 0.3) is 0 Å². The van der Waals surface area contributed by atoms with Crippen LogP contribution in [-0.4, -0.2) is 39.2 Å². The minimum absolute atomic E-state index is 0.0591. The van der Waals surface area contributed by atoms with Gasteiger partial charge in [0.2, 0.25) is 5.91 Å². The summed E-state index contributed by atoms with van der Waals surface area (Å²) in [6.07, 6.45) is 0.336. The highest BCUT2D eigenvalue weighted by molar-refractivity contribution is 8.14. The van der Waals surface area contributed by atoms with Crippen LogP contribution in [0.5, 0.6) is 0 Å². The average Bonchev–Trinajstić information content (AvgIpc) is 2.61. The zero-order valence-corrected chi connectivity index (χ0v) is 15.1. The van der Waals surface area contributed by atoms with Crippen molar-refractivity contribution in [3.63, 3.8) is 0 Å². The van der Waals surface area contributed by atoms with Crippen LogP contribution in [0.15, 0.2) is 40.5 Å². The van der Waals surface area contributed by atoms with Gasteiger partial charge in [0.25, 0.3) is 5.69 Å². The predicted molar refractivity (Wildman–Crippen MR) is 96.5 cm³/mol. The highest BCUT2D eigenvalue weighted by Gasteiger charge is 2.41. The summed E-state index contributed by atoms with van der Waals surface area (Å²) in [6, 6.07) is 5.14. The van der Waals surface area contributed by atoms with E-state index in [1.165, 1.54) is 28.8 Å². The van der Waals surface area contributed by atoms with Gasteiger partial charge < -0.3 is 4.74 Å². The van der Waals surface area contributed by atoms with E-state index in [9.17, 15) is 19.7 Å². The number of nitro benzene ring substituents is 1. The average molecular weight is 375 g/mol. The monoisotopic (exact) mass is 375 g/mol. The number of fused-ring (bicyclic) bond motifs is 1. The largest absolute Gasteiger partial charge is 0.463 e. The fourth-order valence-electron chi connectivity index (χ4n) is 2.96. The number of allylic oxidation sites excluding steroid dienone is 1. The lowest BCUT2D eigenvalue weighted by Gasteiger charge is -2.38. The summed E-state index contributed by atoms with van der Waals surface area (Å²) in [5.41, 5.74) is 1.30. The molecule has 3 rings (SSSR count). The summed E-state index contributed by atoms with van der Waals surface area (Å²) < 4.78 is 5.16. The van der Waals surface area contributed by atoms with Crippen molar-refractivity contribution in [1.29, 1.82) is 0 Å². The number of rotatable bonds is 4. The predicted octanol–water partition coefficient (Wildman–Crippen LogP) is 2.81. The van der Waals surface area contributed by atoms with Crippen LogP contribution in [0.1, 0.15) is 31.9 Å². The summed E-state index contributed by atoms with van der Waals surface area (Å²) in [4.78, 5) is 41.4. The second kappa shape index (κ2) is 7.28. The van der Waals surface area contributed by atoms with Gasteiger partial charge in [-0.1, -0.05) is 11.8 Å². The van der Waals surface area contributed by atoms with E-state index in [1.807, 2.05) is 0 Å². The Kier molecular flexibility index (Phi) is 5.08. The van der Waals surface area contributed by atoms with Crippen molar-refractivity contribution in [1.82, 2.24) is 4.90 Å². The van der Waals surface area contributed by atoms with Crippen molar-refractivity contribution >= 4 is 34.5 Å². The Balaban J connectivity index is 2.12. The Bertz CT molecular complexity index is 831. The number of hydrogen-bond donors (Lipinski definition) is 0. The van der Waals surface area contributed by atoms with Gasteiger partial charge in [-0.2, -0.15) is 0 Å². The molecule has 2 heterocycles. The number of non-ortho nitro benzene ring substituents is 1. The maximum Gasteiger partial charge on any atom is 0.338 e. The number of carbonyl (C=O) groups is 2. The van der Waals surface area contributed by atoms with Crippen LogP contribution in [0.3, 0.4) is 0 Å². The maximum atomic E-state index is 12.6. The number of esters is 1. The van der Waals surface area contributed by atoms with Crippen LogP contribution in [-0.2, 0) is 14.3 Å². The third-order valence-corrected chi connectivity index (χ3v) is 5.08. The van der Waals surface area contributed by atoms with E-state index >= 15 is 0 Å². The number of amidine groups is 1. The summed E-state index contributed by atoms with van der Waals surface area (Å²) in [7, 11) is 0. The number of aliphatic imine (C=N–C) groups is 1. The minimum Gasteiger partial charge on any atom is -0.463 e. The standard InChI is InChI=1S/C17H17N3O5S/c1-3-25-16(22)14-10(2)18-17-19(13(21)8-9-26-17)15(14)11-4-6-12(7-5-11)20(23)24/h4-7,15H,3,8-9H2,1-2H3/t15-/m1/s1. The van der Waals surface area contributed by atoms with Crippen LogP contribution in [0.2, 0.25) is 0 Å². The van der Waals surface area contributed by atoms with Crippen molar-refractivity contribution < 1.29 is 19.2 Å². The molecule has 0 unspecified atom stereocenters. The van der Waals surface area contributed by atoms with E-state index in [4.69, 9.17) is 4.74 Å². The molecule has 0 bridgehead atoms. The van der Waals surface area contributed by atoms with Gasteiger partial charge >= 0.3 is 5.97 Å². The second-order valence-electron chi connectivity index (χ2n) is 5.73. The topological polar surface area (TPSA) is 102 Å². The number of benzene rings is 1. The first-order valence-corrected chi connectivity index (χ1v) is 9.08. The van der Waals surface area contributed by atoms with E-state index in [0.717, 1.165) is 0 Å². The Morgan fingerprint density at radius 1 is 1.42 bits per heavy atom. The maximum absolute atomic E-state index is 12.6. The lowest BCUT2D eigenvalue weighted by atomic mass is 9.94. The number of nitrogens with zero attached hydrogens (tertiary/aromatic N) is 3. The first kappa shape index (κ1) is 18.1. The first-order valence-electron chi connectivity index (χ1n) is 8.09.